The minimum atomic E-state index is -0.457. The van der Waals surface area contributed by atoms with Crippen LogP contribution in [0.1, 0.15) is 49.2 Å². The van der Waals surface area contributed by atoms with E-state index in [2.05, 4.69) is 6.92 Å². The summed E-state index contributed by atoms with van der Waals surface area (Å²) in [7, 11) is 0. The number of nitrogens with two attached hydrogens (primary N) is 1. The van der Waals surface area contributed by atoms with Crippen LogP contribution in [0.25, 0.3) is 22.2 Å². The molecule has 2 N–H and O–H groups in total. The van der Waals surface area contributed by atoms with Crippen LogP contribution < -0.4 is 5.73 Å². The number of carbonyl (C=O) groups excluding carboxylic acids is 1. The molecule has 2 heterocycles. The monoisotopic (exact) mass is 402 g/mol. The van der Waals surface area contributed by atoms with Crippen LogP contribution in [-0.2, 0) is 4.74 Å². The maximum absolute atomic E-state index is 13.0. The normalized spacial score (nSPS) is 13.4. The SMILES string of the molecule is CCC(C)COC(=O)c1c(N)n(C(C)c2ccccc2)c2nc3ccccc3nc12. The zero-order chi connectivity index (χ0) is 21.3. The van der Waals surface area contributed by atoms with Crippen LogP contribution in [0.5, 0.6) is 0 Å². The Balaban J connectivity index is 1.91. The van der Waals surface area contributed by atoms with Gasteiger partial charge in [0.1, 0.15) is 16.9 Å². The van der Waals surface area contributed by atoms with E-state index >= 15 is 0 Å². The number of rotatable bonds is 6. The first-order valence-electron chi connectivity index (χ1n) is 10.3. The third-order valence-corrected chi connectivity index (χ3v) is 5.60. The second-order valence-electron chi connectivity index (χ2n) is 7.71. The Kier molecular flexibility index (Phi) is 5.40. The zero-order valence-electron chi connectivity index (χ0n) is 17.5. The molecule has 154 valence electrons. The predicted molar refractivity (Wildman–Crippen MR) is 119 cm³/mol. The number of nitrogens with zero attached hydrogens (tertiary/aromatic N) is 3. The Hall–Kier alpha value is -3.41. The number of carbonyl (C=O) groups is 1. The van der Waals surface area contributed by atoms with Crippen molar-refractivity contribution in [2.24, 2.45) is 5.92 Å². The Morgan fingerprint density at radius 2 is 1.67 bits per heavy atom. The van der Waals surface area contributed by atoms with Gasteiger partial charge in [0.05, 0.1) is 23.7 Å². The van der Waals surface area contributed by atoms with E-state index in [1.54, 1.807) is 0 Å². The lowest BCUT2D eigenvalue weighted by molar-refractivity contribution is 0.0450. The molecule has 0 aliphatic heterocycles. The molecule has 2 atom stereocenters. The molecule has 2 aromatic heterocycles. The highest BCUT2D eigenvalue weighted by atomic mass is 16.5. The number of hydrogen-bond donors (Lipinski definition) is 1. The molecule has 0 fully saturated rings. The first kappa shape index (κ1) is 19.9. The minimum absolute atomic E-state index is 0.125. The molecule has 0 saturated carbocycles. The summed E-state index contributed by atoms with van der Waals surface area (Å²) in [6, 6.07) is 17.5. The largest absolute Gasteiger partial charge is 0.462 e. The third-order valence-electron chi connectivity index (χ3n) is 5.60. The van der Waals surface area contributed by atoms with Gasteiger partial charge in [-0.25, -0.2) is 14.8 Å². The van der Waals surface area contributed by atoms with Gasteiger partial charge in [-0.05, 0) is 30.5 Å². The van der Waals surface area contributed by atoms with Gasteiger partial charge in [-0.1, -0.05) is 62.7 Å². The molecule has 2 aromatic carbocycles. The maximum atomic E-state index is 13.0. The van der Waals surface area contributed by atoms with E-state index in [4.69, 9.17) is 20.4 Å². The molecule has 6 heteroatoms. The lowest BCUT2D eigenvalue weighted by Gasteiger charge is -2.17. The fourth-order valence-electron chi connectivity index (χ4n) is 3.56. The Bertz CT molecular complexity index is 1200. The van der Waals surface area contributed by atoms with Gasteiger partial charge < -0.3 is 15.0 Å². The molecule has 0 amide bonds. The molecule has 0 bridgehead atoms. The lowest BCUT2D eigenvalue weighted by Crippen LogP contribution is -2.15. The van der Waals surface area contributed by atoms with Crippen LogP contribution in [-0.4, -0.2) is 27.1 Å². The van der Waals surface area contributed by atoms with Gasteiger partial charge >= 0.3 is 5.97 Å². The van der Waals surface area contributed by atoms with Gasteiger partial charge in [0.2, 0.25) is 0 Å². The van der Waals surface area contributed by atoms with Crippen molar-refractivity contribution >= 4 is 34.0 Å². The molecule has 2 unspecified atom stereocenters. The van der Waals surface area contributed by atoms with Crippen molar-refractivity contribution < 1.29 is 9.53 Å². The Morgan fingerprint density at radius 1 is 1.03 bits per heavy atom. The number of hydrogen-bond acceptors (Lipinski definition) is 5. The van der Waals surface area contributed by atoms with Crippen LogP contribution in [0.3, 0.4) is 0 Å². The van der Waals surface area contributed by atoms with Crippen LogP contribution in [0.2, 0.25) is 0 Å². The quantitative estimate of drug-likeness (QED) is 0.460. The number of benzene rings is 2. The molecule has 0 radical (unpaired) electrons. The van der Waals surface area contributed by atoms with Crippen molar-refractivity contribution in [1.82, 2.24) is 14.5 Å². The van der Waals surface area contributed by atoms with Crippen molar-refractivity contribution in [3.05, 3.63) is 65.7 Å². The highest BCUT2D eigenvalue weighted by molar-refractivity contribution is 6.08. The van der Waals surface area contributed by atoms with Crippen molar-refractivity contribution in [2.75, 3.05) is 12.3 Å². The van der Waals surface area contributed by atoms with Gasteiger partial charge in [-0.2, -0.15) is 0 Å². The number of anilines is 1. The summed E-state index contributed by atoms with van der Waals surface area (Å²) >= 11 is 0. The van der Waals surface area contributed by atoms with E-state index in [-0.39, 0.29) is 17.5 Å². The number of aromatic nitrogens is 3. The van der Waals surface area contributed by atoms with E-state index in [0.29, 0.717) is 29.1 Å². The molecular formula is C24H26N4O2. The molecule has 4 aromatic rings. The number of nitrogen functional groups attached to an aromatic ring is 1. The molecule has 30 heavy (non-hydrogen) atoms. The lowest BCUT2D eigenvalue weighted by atomic mass is 10.1. The summed E-state index contributed by atoms with van der Waals surface area (Å²) in [5, 5.41) is 0. The average molecular weight is 402 g/mol. The summed E-state index contributed by atoms with van der Waals surface area (Å²) in [5.74, 6) is 0.144. The highest BCUT2D eigenvalue weighted by Crippen LogP contribution is 2.33. The van der Waals surface area contributed by atoms with Gasteiger partial charge in [0.15, 0.2) is 5.65 Å². The van der Waals surface area contributed by atoms with Crippen LogP contribution in [0, 0.1) is 5.92 Å². The Morgan fingerprint density at radius 3 is 2.33 bits per heavy atom. The minimum Gasteiger partial charge on any atom is -0.462 e. The smallest absolute Gasteiger partial charge is 0.344 e. The molecule has 6 nitrogen and oxygen atoms in total. The standard InChI is InChI=1S/C24H26N4O2/c1-4-15(2)14-30-24(29)20-21-23(27-19-13-9-8-12-18(19)26-21)28(22(20)25)16(3)17-10-6-5-7-11-17/h5-13,15-16H,4,14,25H2,1-3H3. The average Bonchev–Trinajstić information content (AvgIpc) is 3.06. The zero-order valence-corrected chi connectivity index (χ0v) is 17.5. The number of ether oxygens (including phenoxy) is 1. The fourth-order valence-corrected chi connectivity index (χ4v) is 3.56. The van der Waals surface area contributed by atoms with E-state index in [1.807, 2.05) is 73.0 Å². The maximum Gasteiger partial charge on any atom is 0.344 e. The highest BCUT2D eigenvalue weighted by Gasteiger charge is 2.28. The molecular weight excluding hydrogens is 376 g/mol. The third kappa shape index (κ3) is 3.49. The van der Waals surface area contributed by atoms with Crippen molar-refractivity contribution in [3.8, 4) is 0 Å². The second-order valence-corrected chi connectivity index (χ2v) is 7.71. The fraction of sp³-hybridized carbons (Fsp3) is 0.292. The molecule has 0 saturated heterocycles. The predicted octanol–water partition coefficient (Wildman–Crippen LogP) is 4.98. The first-order valence-corrected chi connectivity index (χ1v) is 10.3. The van der Waals surface area contributed by atoms with Crippen LogP contribution >= 0.6 is 0 Å². The number of para-hydroxylation sites is 2. The number of fused-ring (bicyclic) bond motifs is 2. The Labute approximate surface area is 175 Å². The van der Waals surface area contributed by atoms with Crippen LogP contribution in [0.15, 0.2) is 54.6 Å². The van der Waals surface area contributed by atoms with E-state index in [0.717, 1.165) is 17.5 Å². The summed E-state index contributed by atoms with van der Waals surface area (Å²) in [6.07, 6.45) is 0.931. The summed E-state index contributed by atoms with van der Waals surface area (Å²) in [6.45, 7) is 6.50. The van der Waals surface area contributed by atoms with Crippen molar-refractivity contribution in [2.45, 2.75) is 33.2 Å². The van der Waals surface area contributed by atoms with Crippen molar-refractivity contribution in [3.63, 3.8) is 0 Å². The molecule has 0 aliphatic carbocycles. The van der Waals surface area contributed by atoms with Crippen LogP contribution in [0.4, 0.5) is 5.82 Å². The summed E-state index contributed by atoms with van der Waals surface area (Å²) < 4.78 is 7.46. The molecule has 0 aliphatic rings. The van der Waals surface area contributed by atoms with Gasteiger partial charge in [0.25, 0.3) is 0 Å². The van der Waals surface area contributed by atoms with E-state index in [1.165, 1.54) is 0 Å². The van der Waals surface area contributed by atoms with Gasteiger partial charge in [-0.3, -0.25) is 0 Å². The van der Waals surface area contributed by atoms with E-state index in [9.17, 15) is 4.79 Å². The van der Waals surface area contributed by atoms with E-state index < -0.39 is 5.97 Å². The van der Waals surface area contributed by atoms with Crippen molar-refractivity contribution in [1.29, 1.82) is 0 Å². The summed E-state index contributed by atoms with van der Waals surface area (Å²) in [5.41, 5.74) is 10.4. The first-order chi connectivity index (χ1) is 14.5. The summed E-state index contributed by atoms with van der Waals surface area (Å²) in [4.78, 5) is 22.6. The topological polar surface area (TPSA) is 83.0 Å². The molecule has 4 rings (SSSR count). The van der Waals surface area contributed by atoms with Gasteiger partial charge in [0, 0.05) is 0 Å². The molecule has 0 spiro atoms. The van der Waals surface area contributed by atoms with Gasteiger partial charge in [-0.15, -0.1) is 0 Å². The second kappa shape index (κ2) is 8.14. The number of esters is 1.